The van der Waals surface area contributed by atoms with E-state index in [1.165, 1.54) is 16.8 Å². The molecule has 118 valence electrons. The summed E-state index contributed by atoms with van der Waals surface area (Å²) in [5, 5.41) is 0. The van der Waals surface area contributed by atoms with Crippen LogP contribution in [0.5, 0.6) is 0 Å². The van der Waals surface area contributed by atoms with Crippen molar-refractivity contribution in [3.05, 3.63) is 72.4 Å². The minimum atomic E-state index is 0.481. The fourth-order valence-corrected chi connectivity index (χ4v) is 2.94. The smallest absolute Gasteiger partial charge is 0.236 e. The Morgan fingerprint density at radius 1 is 0.913 bits per heavy atom. The van der Waals surface area contributed by atoms with Crippen molar-refractivity contribution in [3.8, 4) is 11.5 Å². The van der Waals surface area contributed by atoms with E-state index in [1.54, 1.807) is 0 Å². The molecule has 0 N–H and O–H groups in total. The van der Waals surface area contributed by atoms with Gasteiger partial charge in [-0.2, -0.15) is 0 Å². The van der Waals surface area contributed by atoms with Gasteiger partial charge in [-0.3, -0.25) is 0 Å². The predicted molar refractivity (Wildman–Crippen MR) is 93.3 cm³/mol. The molecule has 2 heterocycles. The Labute approximate surface area is 138 Å². The molecule has 3 heteroatoms. The number of hydrogen-bond donors (Lipinski definition) is 0. The zero-order chi connectivity index (χ0) is 16.4. The molecule has 3 rings (SSSR count). The average molecular weight is 306 g/mol. The third kappa shape index (κ3) is 3.04. The second kappa shape index (κ2) is 6.37. The number of benzene rings is 1. The molecule has 0 saturated heterocycles. The second-order valence-corrected chi connectivity index (χ2v) is 6.51. The topological polar surface area (TPSA) is 21.7 Å². The summed E-state index contributed by atoms with van der Waals surface area (Å²) in [5.41, 5.74) is 4.05. The lowest BCUT2D eigenvalue weighted by molar-refractivity contribution is -0.598. The highest BCUT2D eigenvalue weighted by Gasteiger charge is 2.19. The van der Waals surface area contributed by atoms with E-state index in [2.05, 4.69) is 78.7 Å². The molecular weight excluding hydrogens is 282 g/mol. The molecule has 0 amide bonds. The van der Waals surface area contributed by atoms with Gasteiger partial charge in [-0.1, -0.05) is 52.0 Å². The summed E-state index contributed by atoms with van der Waals surface area (Å²) in [6.45, 7) is 9.00. The minimum Gasteiger partial charge on any atom is -0.236 e. The Morgan fingerprint density at radius 3 is 2.17 bits per heavy atom. The highest BCUT2D eigenvalue weighted by molar-refractivity contribution is 5.51. The van der Waals surface area contributed by atoms with E-state index in [0.29, 0.717) is 11.8 Å². The highest BCUT2D eigenvalue weighted by Crippen LogP contribution is 2.30. The van der Waals surface area contributed by atoms with Crippen LogP contribution in [0, 0.1) is 0 Å². The van der Waals surface area contributed by atoms with Crippen molar-refractivity contribution in [1.29, 1.82) is 0 Å². The van der Waals surface area contributed by atoms with Crippen LogP contribution in [0.25, 0.3) is 11.5 Å². The summed E-state index contributed by atoms with van der Waals surface area (Å²) < 4.78 is 4.28. The summed E-state index contributed by atoms with van der Waals surface area (Å²) in [4.78, 5) is 4.42. The number of pyridine rings is 1. The molecule has 3 nitrogen and oxygen atoms in total. The van der Waals surface area contributed by atoms with E-state index in [4.69, 9.17) is 0 Å². The molecule has 0 saturated carbocycles. The van der Waals surface area contributed by atoms with Crippen LogP contribution in [-0.4, -0.2) is 9.55 Å². The lowest BCUT2D eigenvalue weighted by atomic mass is 9.92. The van der Waals surface area contributed by atoms with Crippen LogP contribution < -0.4 is 4.57 Å². The first-order chi connectivity index (χ1) is 11.1. The SMILES string of the molecule is CC(C)c1cccc(C(C)C)c1-n1cc[n+](-c2ccccn2)c1. The summed E-state index contributed by atoms with van der Waals surface area (Å²) in [6.07, 6.45) is 8.10. The number of imidazole rings is 1. The summed E-state index contributed by atoms with van der Waals surface area (Å²) in [6, 6.07) is 12.6. The van der Waals surface area contributed by atoms with Crippen molar-refractivity contribution in [2.75, 3.05) is 0 Å². The largest absolute Gasteiger partial charge is 0.266 e. The van der Waals surface area contributed by atoms with Crippen LogP contribution in [0.1, 0.15) is 50.7 Å². The Balaban J connectivity index is 2.14. The molecule has 2 aromatic heterocycles. The van der Waals surface area contributed by atoms with Crippen LogP contribution in [-0.2, 0) is 0 Å². The van der Waals surface area contributed by atoms with Crippen molar-refractivity contribution >= 4 is 0 Å². The number of aromatic nitrogens is 3. The zero-order valence-electron chi connectivity index (χ0n) is 14.3. The number of hydrogen-bond acceptors (Lipinski definition) is 1. The Hall–Kier alpha value is -2.42. The van der Waals surface area contributed by atoms with Gasteiger partial charge in [-0.25, -0.2) is 9.13 Å². The van der Waals surface area contributed by atoms with Gasteiger partial charge in [-0.15, -0.1) is 4.98 Å². The minimum absolute atomic E-state index is 0.481. The van der Waals surface area contributed by atoms with Crippen molar-refractivity contribution in [3.63, 3.8) is 0 Å². The lowest BCUT2D eigenvalue weighted by Crippen LogP contribution is -2.28. The molecule has 0 spiro atoms. The maximum Gasteiger partial charge on any atom is 0.266 e. The first-order valence-corrected chi connectivity index (χ1v) is 8.21. The van der Waals surface area contributed by atoms with E-state index in [9.17, 15) is 0 Å². The van der Waals surface area contributed by atoms with Crippen molar-refractivity contribution < 1.29 is 4.57 Å². The standard InChI is InChI=1S/C20H24N3/c1-15(2)17-8-7-9-18(16(3)4)20(17)23-13-12-22(14-23)19-10-5-6-11-21-19/h5-16H,1-4H3/q+1. The first-order valence-electron chi connectivity index (χ1n) is 8.21. The monoisotopic (exact) mass is 306 g/mol. The second-order valence-electron chi connectivity index (χ2n) is 6.51. The summed E-state index contributed by atoms with van der Waals surface area (Å²) in [7, 11) is 0. The van der Waals surface area contributed by atoms with Crippen LogP contribution in [0.4, 0.5) is 0 Å². The van der Waals surface area contributed by atoms with E-state index < -0.39 is 0 Å². The van der Waals surface area contributed by atoms with Crippen molar-refractivity contribution in [2.45, 2.75) is 39.5 Å². The maximum absolute atomic E-state index is 4.42. The first kappa shape index (κ1) is 15.5. The number of nitrogens with zero attached hydrogens (tertiary/aromatic N) is 3. The van der Waals surface area contributed by atoms with Gasteiger partial charge in [0.15, 0.2) is 6.33 Å². The van der Waals surface area contributed by atoms with E-state index in [1.807, 2.05) is 24.4 Å². The summed E-state index contributed by atoms with van der Waals surface area (Å²) in [5.74, 6) is 1.89. The van der Waals surface area contributed by atoms with Crippen LogP contribution in [0.2, 0.25) is 0 Å². The fourth-order valence-electron chi connectivity index (χ4n) is 2.94. The van der Waals surface area contributed by atoms with Gasteiger partial charge in [0.2, 0.25) is 0 Å². The van der Waals surface area contributed by atoms with Gasteiger partial charge in [0.1, 0.15) is 18.1 Å². The normalized spacial score (nSPS) is 11.4. The third-order valence-electron chi connectivity index (χ3n) is 4.15. The molecule has 23 heavy (non-hydrogen) atoms. The average Bonchev–Trinajstić information content (AvgIpc) is 3.04. The van der Waals surface area contributed by atoms with Crippen molar-refractivity contribution in [1.82, 2.24) is 9.55 Å². The molecule has 0 radical (unpaired) electrons. The highest BCUT2D eigenvalue weighted by atomic mass is 15.2. The Kier molecular flexibility index (Phi) is 4.28. The zero-order valence-corrected chi connectivity index (χ0v) is 14.3. The van der Waals surface area contributed by atoms with E-state index in [0.717, 1.165) is 5.82 Å². The molecule has 3 aromatic rings. The van der Waals surface area contributed by atoms with Crippen LogP contribution in [0.3, 0.4) is 0 Å². The van der Waals surface area contributed by atoms with Gasteiger partial charge in [0, 0.05) is 6.07 Å². The van der Waals surface area contributed by atoms with Gasteiger partial charge in [0.25, 0.3) is 5.82 Å². The molecule has 0 fully saturated rings. The number of para-hydroxylation sites is 1. The van der Waals surface area contributed by atoms with Crippen LogP contribution >= 0.6 is 0 Å². The van der Waals surface area contributed by atoms with Gasteiger partial charge < -0.3 is 0 Å². The maximum atomic E-state index is 4.42. The Morgan fingerprint density at radius 2 is 1.61 bits per heavy atom. The van der Waals surface area contributed by atoms with Gasteiger partial charge in [-0.05, 0) is 29.0 Å². The molecule has 0 atom stereocenters. The number of rotatable bonds is 4. The van der Waals surface area contributed by atoms with Crippen LogP contribution in [0.15, 0.2) is 61.3 Å². The molecule has 0 aliphatic heterocycles. The third-order valence-corrected chi connectivity index (χ3v) is 4.15. The van der Waals surface area contributed by atoms with E-state index >= 15 is 0 Å². The molecular formula is C20H24N3+. The van der Waals surface area contributed by atoms with Gasteiger partial charge >= 0.3 is 0 Å². The quantitative estimate of drug-likeness (QED) is 0.655. The predicted octanol–water partition coefficient (Wildman–Crippen LogP) is 4.40. The molecule has 0 aliphatic carbocycles. The van der Waals surface area contributed by atoms with Crippen molar-refractivity contribution in [2.24, 2.45) is 0 Å². The summed E-state index contributed by atoms with van der Waals surface area (Å²) >= 11 is 0. The van der Waals surface area contributed by atoms with Gasteiger partial charge in [0.05, 0.1) is 6.20 Å². The molecule has 1 aromatic carbocycles. The molecule has 0 unspecified atom stereocenters. The van der Waals surface area contributed by atoms with E-state index in [-0.39, 0.29) is 0 Å². The fraction of sp³-hybridized carbons (Fsp3) is 0.300. The Bertz CT molecular complexity index is 759. The molecule has 0 aliphatic rings. The lowest BCUT2D eigenvalue weighted by Gasteiger charge is -2.17. The molecule has 0 bridgehead atoms.